The smallest absolute Gasteiger partial charge is 0.331 e. The summed E-state index contributed by atoms with van der Waals surface area (Å²) in [5.41, 5.74) is 10.8. The lowest BCUT2D eigenvalue weighted by Gasteiger charge is -2.27. The number of carbonyl (C=O) groups is 1. The molecule has 0 saturated carbocycles. The van der Waals surface area contributed by atoms with E-state index in [0.29, 0.717) is 0 Å². The van der Waals surface area contributed by atoms with Gasteiger partial charge in [-0.25, -0.2) is 10.2 Å². The first-order valence-corrected chi connectivity index (χ1v) is 4.52. The number of nitrogens with two attached hydrogens (primary N) is 2. The lowest BCUT2D eigenvalue weighted by molar-refractivity contribution is 0.172. The Hall–Kier alpha value is -2.92. The van der Waals surface area contributed by atoms with Gasteiger partial charge in [0.25, 0.3) is 0 Å². The predicted molar refractivity (Wildman–Crippen MR) is 54.5 cm³/mol. The van der Waals surface area contributed by atoms with Crippen LogP contribution < -0.4 is 16.9 Å². The maximum atomic E-state index is 10.8. The van der Waals surface area contributed by atoms with Crippen LogP contribution in [0.2, 0.25) is 0 Å². The molecule has 8 nitrogen and oxygen atoms in total. The molecule has 0 aromatic heterocycles. The molecule has 0 bridgehead atoms. The molecule has 0 aliphatic carbocycles. The quantitative estimate of drug-likeness (QED) is 0.525. The second-order valence-corrected chi connectivity index (χ2v) is 3.43. The fourth-order valence-electron chi connectivity index (χ4n) is 1.68. The SMILES string of the molecule is C[C@@H]1N(NC(N)=O)C(N)=C(C#N)C1(C#N)C#N. The molecule has 0 radical (unpaired) electrons. The van der Waals surface area contributed by atoms with Crippen LogP contribution in [0.3, 0.4) is 0 Å². The van der Waals surface area contributed by atoms with Gasteiger partial charge < -0.3 is 11.5 Å². The molecule has 0 spiro atoms. The van der Waals surface area contributed by atoms with Gasteiger partial charge in [0.2, 0.25) is 5.41 Å². The van der Waals surface area contributed by atoms with Crippen molar-refractivity contribution in [3.8, 4) is 18.2 Å². The third-order valence-corrected chi connectivity index (χ3v) is 2.62. The molecule has 0 fully saturated rings. The summed E-state index contributed by atoms with van der Waals surface area (Å²) in [6.07, 6.45) is 0. The number of nitrogens with zero attached hydrogens (tertiary/aromatic N) is 4. The number of nitrogens with one attached hydrogen (secondary N) is 1. The van der Waals surface area contributed by atoms with Gasteiger partial charge in [0.1, 0.15) is 17.5 Å². The largest absolute Gasteiger partial charge is 0.383 e. The number of nitriles is 3. The van der Waals surface area contributed by atoms with Crippen molar-refractivity contribution in [3.05, 3.63) is 11.4 Å². The molecule has 1 atom stereocenters. The number of hydrogen-bond acceptors (Lipinski definition) is 6. The Morgan fingerprint density at radius 1 is 1.47 bits per heavy atom. The van der Waals surface area contributed by atoms with Gasteiger partial charge >= 0.3 is 6.03 Å². The van der Waals surface area contributed by atoms with Gasteiger partial charge in [-0.1, -0.05) is 0 Å². The van der Waals surface area contributed by atoms with E-state index >= 15 is 0 Å². The second kappa shape index (κ2) is 3.92. The van der Waals surface area contributed by atoms with E-state index < -0.39 is 17.5 Å². The molecule has 17 heavy (non-hydrogen) atoms. The van der Waals surface area contributed by atoms with E-state index in [2.05, 4.69) is 5.43 Å². The molecular weight excluding hydrogens is 222 g/mol. The van der Waals surface area contributed by atoms with E-state index in [0.717, 1.165) is 5.01 Å². The maximum Gasteiger partial charge on any atom is 0.331 e. The summed E-state index contributed by atoms with van der Waals surface area (Å²) in [5.74, 6) is -0.151. The summed E-state index contributed by atoms with van der Waals surface area (Å²) in [5, 5.41) is 28.1. The number of primary amides is 1. The van der Waals surface area contributed by atoms with Crippen molar-refractivity contribution >= 4 is 6.03 Å². The van der Waals surface area contributed by atoms with Crippen LogP contribution in [0.4, 0.5) is 4.79 Å². The van der Waals surface area contributed by atoms with Crippen molar-refractivity contribution in [2.24, 2.45) is 16.9 Å². The van der Waals surface area contributed by atoms with E-state index in [1.54, 1.807) is 18.2 Å². The number of hydrazine groups is 1. The number of amides is 2. The molecule has 5 N–H and O–H groups in total. The summed E-state index contributed by atoms with van der Waals surface area (Å²) < 4.78 is 0. The highest BCUT2D eigenvalue weighted by atomic mass is 16.2. The fraction of sp³-hybridized carbons (Fsp3) is 0.333. The van der Waals surface area contributed by atoms with Crippen LogP contribution >= 0.6 is 0 Å². The third-order valence-electron chi connectivity index (χ3n) is 2.62. The Morgan fingerprint density at radius 3 is 2.29 bits per heavy atom. The molecule has 1 aliphatic rings. The van der Waals surface area contributed by atoms with Crippen LogP contribution in [0.5, 0.6) is 0 Å². The molecule has 1 rings (SSSR count). The van der Waals surface area contributed by atoms with E-state index in [1.165, 1.54) is 6.92 Å². The third kappa shape index (κ3) is 1.47. The molecular formula is C9H9N7O. The second-order valence-electron chi connectivity index (χ2n) is 3.43. The van der Waals surface area contributed by atoms with Crippen molar-refractivity contribution in [2.45, 2.75) is 13.0 Å². The summed E-state index contributed by atoms with van der Waals surface area (Å²) in [6, 6.07) is 3.52. The zero-order valence-electron chi connectivity index (χ0n) is 8.93. The predicted octanol–water partition coefficient (Wildman–Crippen LogP) is -0.999. The first-order chi connectivity index (χ1) is 7.94. The minimum atomic E-state index is -1.71. The van der Waals surface area contributed by atoms with Crippen LogP contribution in [-0.4, -0.2) is 17.1 Å². The number of hydrogen-bond donors (Lipinski definition) is 3. The van der Waals surface area contributed by atoms with Crippen molar-refractivity contribution in [1.29, 1.82) is 15.8 Å². The lowest BCUT2D eigenvalue weighted by atomic mass is 9.80. The van der Waals surface area contributed by atoms with Gasteiger partial charge in [0.15, 0.2) is 0 Å². The van der Waals surface area contributed by atoms with Gasteiger partial charge in [-0.15, -0.1) is 0 Å². The number of rotatable bonds is 1. The van der Waals surface area contributed by atoms with Crippen molar-refractivity contribution in [2.75, 3.05) is 0 Å². The van der Waals surface area contributed by atoms with Crippen molar-refractivity contribution in [3.63, 3.8) is 0 Å². The average molecular weight is 231 g/mol. The number of urea groups is 1. The normalized spacial score (nSPS) is 21.3. The topological polar surface area (TPSA) is 156 Å². The molecule has 2 amide bonds. The molecule has 0 aromatic carbocycles. The lowest BCUT2D eigenvalue weighted by Crippen LogP contribution is -2.51. The molecule has 8 heteroatoms. The van der Waals surface area contributed by atoms with Gasteiger partial charge in [0, 0.05) is 0 Å². The molecule has 0 saturated heterocycles. The first-order valence-electron chi connectivity index (χ1n) is 4.52. The average Bonchev–Trinajstić information content (AvgIpc) is 2.49. The maximum absolute atomic E-state index is 10.8. The summed E-state index contributed by atoms with van der Waals surface area (Å²) in [4.78, 5) is 10.8. The highest BCUT2D eigenvalue weighted by molar-refractivity contribution is 5.71. The van der Waals surface area contributed by atoms with Crippen LogP contribution in [0, 0.1) is 39.4 Å². The zero-order chi connectivity index (χ0) is 13.2. The van der Waals surface area contributed by atoms with Gasteiger partial charge in [-0.3, -0.25) is 5.01 Å². The van der Waals surface area contributed by atoms with E-state index in [4.69, 9.17) is 27.3 Å². The monoisotopic (exact) mass is 231 g/mol. The first kappa shape index (κ1) is 12.2. The molecule has 0 unspecified atom stereocenters. The van der Waals surface area contributed by atoms with E-state index in [1.807, 2.05) is 0 Å². The molecule has 0 aromatic rings. The summed E-state index contributed by atoms with van der Waals surface area (Å²) in [6.45, 7) is 1.49. The van der Waals surface area contributed by atoms with Gasteiger partial charge in [-0.05, 0) is 6.92 Å². The van der Waals surface area contributed by atoms with Crippen molar-refractivity contribution < 1.29 is 4.79 Å². The highest BCUT2D eigenvalue weighted by Crippen LogP contribution is 2.40. The Labute approximate surface area is 97.3 Å². The van der Waals surface area contributed by atoms with E-state index in [-0.39, 0.29) is 11.4 Å². The van der Waals surface area contributed by atoms with Crippen molar-refractivity contribution in [1.82, 2.24) is 10.4 Å². The minimum Gasteiger partial charge on any atom is -0.383 e. The standard InChI is InChI=1S/C9H9N7O/c1-5-9(3-11,4-12)6(2-10)7(13)16(5)15-8(14)17/h5H,13H2,1H3,(H3,14,15,17)/t5-/m0/s1. The highest BCUT2D eigenvalue weighted by Gasteiger charge is 2.52. The Kier molecular flexibility index (Phi) is 2.80. The van der Waals surface area contributed by atoms with Crippen LogP contribution in [-0.2, 0) is 0 Å². The molecule has 1 heterocycles. The Balaban J connectivity index is 3.35. The fourth-order valence-corrected chi connectivity index (χ4v) is 1.68. The van der Waals surface area contributed by atoms with Gasteiger partial charge in [-0.2, -0.15) is 15.8 Å². The Morgan fingerprint density at radius 2 is 2.00 bits per heavy atom. The number of carbonyl (C=O) groups excluding carboxylic acids is 1. The molecule has 86 valence electrons. The minimum absolute atomic E-state index is 0.151. The van der Waals surface area contributed by atoms with Crippen LogP contribution in [0.15, 0.2) is 11.4 Å². The van der Waals surface area contributed by atoms with Crippen LogP contribution in [0.25, 0.3) is 0 Å². The van der Waals surface area contributed by atoms with Crippen LogP contribution in [0.1, 0.15) is 6.92 Å². The molecule has 1 aliphatic heterocycles. The summed E-state index contributed by atoms with van der Waals surface area (Å²) >= 11 is 0. The van der Waals surface area contributed by atoms with E-state index in [9.17, 15) is 4.79 Å². The zero-order valence-corrected chi connectivity index (χ0v) is 8.93. The summed E-state index contributed by atoms with van der Waals surface area (Å²) in [7, 11) is 0. The Bertz CT molecular complexity index is 501. The van der Waals surface area contributed by atoms with Gasteiger partial charge in [0.05, 0.1) is 18.2 Å².